The molecule has 2 nitrogen and oxygen atoms in total. The number of para-hydroxylation sites is 1. The summed E-state index contributed by atoms with van der Waals surface area (Å²) in [4.78, 5) is 0. The maximum absolute atomic E-state index is 8.63. The zero-order valence-corrected chi connectivity index (χ0v) is 8.74. The lowest BCUT2D eigenvalue weighted by molar-refractivity contribution is 0.0397. The Morgan fingerprint density at radius 1 is 1.08 bits per heavy atom. The number of benzene rings is 1. The SMILES string of the molecule is COC(C)(C)C.Oc1ccccc1. The van der Waals surface area contributed by atoms with Gasteiger partial charge in [-0.05, 0) is 32.9 Å². The molecule has 0 fully saturated rings. The Balaban J connectivity index is 0.000000226. The van der Waals surface area contributed by atoms with E-state index in [9.17, 15) is 0 Å². The van der Waals surface area contributed by atoms with Gasteiger partial charge in [-0.2, -0.15) is 0 Å². The van der Waals surface area contributed by atoms with Crippen molar-refractivity contribution in [1.29, 1.82) is 0 Å². The van der Waals surface area contributed by atoms with Crippen LogP contribution in [0.25, 0.3) is 0 Å². The van der Waals surface area contributed by atoms with E-state index in [1.54, 1.807) is 31.4 Å². The second kappa shape index (κ2) is 5.60. The minimum atomic E-state index is 0.0417. The smallest absolute Gasteiger partial charge is 0.115 e. The van der Waals surface area contributed by atoms with Crippen molar-refractivity contribution in [3.8, 4) is 5.75 Å². The van der Waals surface area contributed by atoms with Gasteiger partial charge < -0.3 is 9.84 Å². The van der Waals surface area contributed by atoms with Gasteiger partial charge in [-0.15, -0.1) is 0 Å². The number of phenols is 1. The second-order valence-corrected chi connectivity index (χ2v) is 3.65. The Morgan fingerprint density at radius 2 is 1.46 bits per heavy atom. The summed E-state index contributed by atoms with van der Waals surface area (Å²) in [6.07, 6.45) is 0. The molecule has 74 valence electrons. The molecule has 0 atom stereocenters. The molecule has 0 saturated heterocycles. The van der Waals surface area contributed by atoms with Gasteiger partial charge in [0.2, 0.25) is 0 Å². The maximum atomic E-state index is 8.63. The molecule has 1 rings (SSSR count). The van der Waals surface area contributed by atoms with Gasteiger partial charge in [0.25, 0.3) is 0 Å². The quantitative estimate of drug-likeness (QED) is 0.668. The van der Waals surface area contributed by atoms with E-state index in [-0.39, 0.29) is 5.60 Å². The van der Waals surface area contributed by atoms with Crippen LogP contribution in [0.1, 0.15) is 20.8 Å². The summed E-state index contributed by atoms with van der Waals surface area (Å²) in [6.45, 7) is 6.06. The maximum Gasteiger partial charge on any atom is 0.115 e. The molecule has 0 bridgehead atoms. The molecule has 13 heavy (non-hydrogen) atoms. The Hall–Kier alpha value is -1.02. The Bertz CT molecular complexity index is 211. The fraction of sp³-hybridized carbons (Fsp3) is 0.455. The lowest BCUT2D eigenvalue weighted by Crippen LogP contribution is -2.15. The zero-order chi connectivity index (χ0) is 10.3. The molecule has 1 aromatic rings. The number of hydrogen-bond acceptors (Lipinski definition) is 2. The van der Waals surface area contributed by atoms with E-state index in [2.05, 4.69) is 0 Å². The molecule has 0 saturated carbocycles. The van der Waals surface area contributed by atoms with Gasteiger partial charge in [-0.25, -0.2) is 0 Å². The summed E-state index contributed by atoms with van der Waals surface area (Å²) in [5.41, 5.74) is 0.0417. The first kappa shape index (κ1) is 12.0. The van der Waals surface area contributed by atoms with Crippen LogP contribution in [-0.2, 0) is 4.74 Å². The van der Waals surface area contributed by atoms with Crippen LogP contribution in [0.4, 0.5) is 0 Å². The summed E-state index contributed by atoms with van der Waals surface area (Å²) in [5.74, 6) is 0.322. The van der Waals surface area contributed by atoms with Crippen molar-refractivity contribution in [2.75, 3.05) is 7.11 Å². The normalized spacial score (nSPS) is 10.2. The van der Waals surface area contributed by atoms with Crippen molar-refractivity contribution in [2.24, 2.45) is 0 Å². The number of aromatic hydroxyl groups is 1. The number of ether oxygens (including phenoxy) is 1. The highest BCUT2D eigenvalue weighted by atomic mass is 16.5. The molecule has 0 radical (unpaired) electrons. The molecule has 0 heterocycles. The van der Waals surface area contributed by atoms with Crippen LogP contribution in [0.5, 0.6) is 5.75 Å². The van der Waals surface area contributed by atoms with E-state index in [1.165, 1.54) is 0 Å². The third kappa shape index (κ3) is 8.89. The number of phenolic OH excluding ortho intramolecular Hbond substituents is 1. The highest BCUT2D eigenvalue weighted by Gasteiger charge is 2.03. The number of hydrogen-bond donors (Lipinski definition) is 1. The third-order valence-corrected chi connectivity index (χ3v) is 1.37. The molecule has 0 aliphatic heterocycles. The monoisotopic (exact) mass is 182 g/mol. The molecule has 0 aromatic heterocycles. The summed E-state index contributed by atoms with van der Waals surface area (Å²) in [7, 11) is 1.71. The van der Waals surface area contributed by atoms with Gasteiger partial charge in [0.05, 0.1) is 5.60 Å². The highest BCUT2D eigenvalue weighted by molar-refractivity contribution is 5.18. The number of methoxy groups -OCH3 is 1. The Morgan fingerprint density at radius 3 is 1.62 bits per heavy atom. The van der Waals surface area contributed by atoms with E-state index in [0.29, 0.717) is 5.75 Å². The van der Waals surface area contributed by atoms with Crippen LogP contribution in [-0.4, -0.2) is 17.8 Å². The van der Waals surface area contributed by atoms with E-state index in [1.807, 2.05) is 26.8 Å². The average Bonchev–Trinajstić information content (AvgIpc) is 2.06. The summed E-state index contributed by atoms with van der Waals surface area (Å²) in [5, 5.41) is 8.63. The van der Waals surface area contributed by atoms with Crippen LogP contribution in [0, 0.1) is 0 Å². The molecular weight excluding hydrogens is 164 g/mol. The summed E-state index contributed by atoms with van der Waals surface area (Å²) >= 11 is 0. The Kier molecular flexibility index (Phi) is 5.16. The van der Waals surface area contributed by atoms with E-state index in [4.69, 9.17) is 9.84 Å². The van der Waals surface area contributed by atoms with Crippen LogP contribution < -0.4 is 0 Å². The van der Waals surface area contributed by atoms with E-state index < -0.39 is 0 Å². The number of rotatable bonds is 0. The lowest BCUT2D eigenvalue weighted by atomic mass is 10.2. The minimum Gasteiger partial charge on any atom is -0.508 e. The van der Waals surface area contributed by atoms with Gasteiger partial charge in [-0.3, -0.25) is 0 Å². The predicted octanol–water partition coefficient (Wildman–Crippen LogP) is 2.82. The van der Waals surface area contributed by atoms with Crippen molar-refractivity contribution in [1.82, 2.24) is 0 Å². The zero-order valence-electron chi connectivity index (χ0n) is 8.74. The predicted molar refractivity (Wildman–Crippen MR) is 54.9 cm³/mol. The van der Waals surface area contributed by atoms with Gasteiger partial charge in [0.15, 0.2) is 0 Å². The molecular formula is C11H18O2. The van der Waals surface area contributed by atoms with Crippen LogP contribution >= 0.6 is 0 Å². The lowest BCUT2D eigenvalue weighted by Gasteiger charge is -2.14. The van der Waals surface area contributed by atoms with Crippen LogP contribution in [0.2, 0.25) is 0 Å². The topological polar surface area (TPSA) is 29.5 Å². The van der Waals surface area contributed by atoms with E-state index >= 15 is 0 Å². The van der Waals surface area contributed by atoms with E-state index in [0.717, 1.165) is 0 Å². The molecule has 0 unspecified atom stereocenters. The van der Waals surface area contributed by atoms with Crippen LogP contribution in [0.3, 0.4) is 0 Å². The minimum absolute atomic E-state index is 0.0417. The first-order valence-corrected chi connectivity index (χ1v) is 4.25. The first-order chi connectivity index (χ1) is 5.95. The third-order valence-electron chi connectivity index (χ3n) is 1.37. The van der Waals surface area contributed by atoms with Crippen molar-refractivity contribution in [3.63, 3.8) is 0 Å². The molecule has 1 N–H and O–H groups in total. The van der Waals surface area contributed by atoms with Crippen molar-refractivity contribution in [3.05, 3.63) is 30.3 Å². The molecule has 0 spiro atoms. The average molecular weight is 182 g/mol. The largest absolute Gasteiger partial charge is 0.508 e. The fourth-order valence-electron chi connectivity index (χ4n) is 0.428. The van der Waals surface area contributed by atoms with Crippen molar-refractivity contribution >= 4 is 0 Å². The molecule has 0 aliphatic rings. The van der Waals surface area contributed by atoms with Crippen molar-refractivity contribution < 1.29 is 9.84 Å². The molecule has 2 heteroatoms. The fourth-order valence-corrected chi connectivity index (χ4v) is 0.428. The molecule has 1 aromatic carbocycles. The van der Waals surface area contributed by atoms with Gasteiger partial charge in [-0.1, -0.05) is 18.2 Å². The molecule has 0 amide bonds. The summed E-state index contributed by atoms with van der Waals surface area (Å²) < 4.78 is 4.94. The van der Waals surface area contributed by atoms with Gasteiger partial charge in [0, 0.05) is 7.11 Å². The molecule has 0 aliphatic carbocycles. The standard InChI is InChI=1S/C6H6O.C5H12O/c7-6-4-2-1-3-5-6;1-5(2,3)6-4/h1-5,7H;1-4H3. The summed E-state index contributed by atoms with van der Waals surface area (Å²) in [6, 6.07) is 8.71. The van der Waals surface area contributed by atoms with Crippen molar-refractivity contribution in [2.45, 2.75) is 26.4 Å². The first-order valence-electron chi connectivity index (χ1n) is 4.25. The Labute approximate surface area is 80.2 Å². The van der Waals surface area contributed by atoms with Crippen LogP contribution in [0.15, 0.2) is 30.3 Å². The van der Waals surface area contributed by atoms with Gasteiger partial charge in [0.1, 0.15) is 5.75 Å². The van der Waals surface area contributed by atoms with Gasteiger partial charge >= 0.3 is 0 Å². The second-order valence-electron chi connectivity index (χ2n) is 3.65. The highest BCUT2D eigenvalue weighted by Crippen LogP contribution is 2.03.